The van der Waals surface area contributed by atoms with Crippen molar-refractivity contribution in [1.82, 2.24) is 10.2 Å². The Bertz CT molecular complexity index is 422. The summed E-state index contributed by atoms with van der Waals surface area (Å²) in [6.45, 7) is 8.04. The molecule has 1 amide bonds. The van der Waals surface area contributed by atoms with E-state index in [-0.39, 0.29) is 5.91 Å². The Morgan fingerprint density at radius 2 is 2.05 bits per heavy atom. The maximum absolute atomic E-state index is 12.0. The Balaban J connectivity index is 2.41. The Kier molecular flexibility index (Phi) is 7.42. The molecule has 0 bridgehead atoms. The Morgan fingerprint density at radius 3 is 2.68 bits per heavy atom. The number of hydrogen-bond donors (Lipinski definition) is 1. The van der Waals surface area contributed by atoms with Gasteiger partial charge in [-0.1, -0.05) is 41.4 Å². The first-order valence-corrected chi connectivity index (χ1v) is 7.71. The van der Waals surface area contributed by atoms with Gasteiger partial charge in [-0.3, -0.25) is 4.79 Å². The minimum Gasteiger partial charge on any atom is -0.352 e. The van der Waals surface area contributed by atoms with E-state index in [4.69, 9.17) is 11.6 Å². The smallest absolute Gasteiger partial charge is 0.252 e. The van der Waals surface area contributed by atoms with Crippen LogP contribution in [0.5, 0.6) is 0 Å². The van der Waals surface area contributed by atoms with E-state index in [9.17, 15) is 4.79 Å². The predicted octanol–water partition coefficient (Wildman–Crippen LogP) is 3.56. The number of hydrogen-bond acceptors (Lipinski definition) is 2. The first-order valence-electron chi connectivity index (χ1n) is 6.54. The number of carbonyl (C=O) groups is 1. The van der Waals surface area contributed by atoms with Crippen molar-refractivity contribution in [1.29, 1.82) is 0 Å². The summed E-state index contributed by atoms with van der Waals surface area (Å²) in [5, 5.41) is 3.38. The quantitative estimate of drug-likeness (QED) is 0.765. The van der Waals surface area contributed by atoms with Crippen LogP contribution in [0.4, 0.5) is 0 Å². The molecular formula is C14H20BrClN2O. The molecule has 5 heteroatoms. The molecule has 3 nitrogen and oxygen atoms in total. The first-order chi connectivity index (χ1) is 9.08. The molecule has 0 aliphatic rings. The molecule has 19 heavy (non-hydrogen) atoms. The van der Waals surface area contributed by atoms with Crippen molar-refractivity contribution in [2.24, 2.45) is 0 Å². The zero-order chi connectivity index (χ0) is 14.3. The van der Waals surface area contributed by atoms with Crippen molar-refractivity contribution < 1.29 is 4.79 Å². The monoisotopic (exact) mass is 346 g/mol. The molecule has 0 aromatic heterocycles. The van der Waals surface area contributed by atoms with Gasteiger partial charge in [0.1, 0.15) is 0 Å². The predicted molar refractivity (Wildman–Crippen MR) is 83.9 cm³/mol. The van der Waals surface area contributed by atoms with E-state index in [1.165, 1.54) is 0 Å². The zero-order valence-electron chi connectivity index (χ0n) is 11.4. The van der Waals surface area contributed by atoms with Gasteiger partial charge < -0.3 is 10.2 Å². The van der Waals surface area contributed by atoms with Gasteiger partial charge >= 0.3 is 0 Å². The fourth-order valence-corrected chi connectivity index (χ4v) is 2.38. The molecule has 0 heterocycles. The lowest BCUT2D eigenvalue weighted by Gasteiger charge is -2.17. The lowest BCUT2D eigenvalue weighted by molar-refractivity contribution is 0.0952. The average molecular weight is 348 g/mol. The van der Waals surface area contributed by atoms with Crippen LogP contribution in [0.2, 0.25) is 5.02 Å². The maximum Gasteiger partial charge on any atom is 0.252 e. The van der Waals surface area contributed by atoms with Gasteiger partial charge in [0.15, 0.2) is 0 Å². The van der Waals surface area contributed by atoms with Gasteiger partial charge in [0.2, 0.25) is 0 Å². The largest absolute Gasteiger partial charge is 0.352 e. The molecule has 0 atom stereocenters. The van der Waals surface area contributed by atoms with E-state index in [2.05, 4.69) is 40.0 Å². The minimum absolute atomic E-state index is 0.120. The molecule has 0 unspecified atom stereocenters. The van der Waals surface area contributed by atoms with Gasteiger partial charge in [0, 0.05) is 11.0 Å². The lowest BCUT2D eigenvalue weighted by Crippen LogP contribution is -2.30. The van der Waals surface area contributed by atoms with Crippen molar-refractivity contribution in [2.45, 2.75) is 20.3 Å². The average Bonchev–Trinajstić information content (AvgIpc) is 2.41. The van der Waals surface area contributed by atoms with Crippen LogP contribution in [0.1, 0.15) is 30.6 Å². The molecule has 0 saturated carbocycles. The van der Waals surface area contributed by atoms with Gasteiger partial charge in [-0.05, 0) is 44.3 Å². The van der Waals surface area contributed by atoms with Crippen molar-refractivity contribution in [3.8, 4) is 0 Å². The molecule has 0 aliphatic carbocycles. The Labute approximate surface area is 128 Å². The molecule has 106 valence electrons. The number of carbonyl (C=O) groups excluding carboxylic acids is 1. The highest BCUT2D eigenvalue weighted by atomic mass is 79.9. The van der Waals surface area contributed by atoms with E-state index < -0.39 is 0 Å². The third kappa shape index (κ3) is 5.51. The molecule has 0 saturated heterocycles. The van der Waals surface area contributed by atoms with Crippen LogP contribution < -0.4 is 5.32 Å². The van der Waals surface area contributed by atoms with Gasteiger partial charge in [0.05, 0.1) is 10.6 Å². The number of halogens is 2. The number of rotatable bonds is 7. The second kappa shape index (κ2) is 8.56. The minimum atomic E-state index is -0.120. The summed E-state index contributed by atoms with van der Waals surface area (Å²) >= 11 is 9.35. The second-order valence-electron chi connectivity index (χ2n) is 4.26. The van der Waals surface area contributed by atoms with Crippen molar-refractivity contribution in [2.75, 3.05) is 26.2 Å². The fourth-order valence-electron chi connectivity index (χ4n) is 1.81. The van der Waals surface area contributed by atoms with Crippen LogP contribution >= 0.6 is 27.5 Å². The molecule has 1 aromatic rings. The molecule has 1 aromatic carbocycles. The number of benzene rings is 1. The topological polar surface area (TPSA) is 32.3 Å². The standard InChI is InChI=1S/C14H20BrClN2O/c1-3-18(4-2)9-5-8-17-14(19)12-10-11(15)6-7-13(12)16/h6-7,10H,3-5,8-9H2,1-2H3,(H,17,19). The highest BCUT2D eigenvalue weighted by molar-refractivity contribution is 9.10. The van der Waals surface area contributed by atoms with E-state index in [0.717, 1.165) is 30.5 Å². The highest BCUT2D eigenvalue weighted by Gasteiger charge is 2.10. The summed E-state index contributed by atoms with van der Waals surface area (Å²) < 4.78 is 0.852. The molecular weight excluding hydrogens is 328 g/mol. The summed E-state index contributed by atoms with van der Waals surface area (Å²) in [6.07, 6.45) is 0.943. The number of nitrogens with zero attached hydrogens (tertiary/aromatic N) is 1. The molecule has 0 fully saturated rings. The number of nitrogens with one attached hydrogen (secondary N) is 1. The van der Waals surface area contributed by atoms with Crippen LogP contribution in [-0.4, -0.2) is 37.0 Å². The maximum atomic E-state index is 12.0. The third-order valence-electron chi connectivity index (χ3n) is 3.00. The highest BCUT2D eigenvalue weighted by Crippen LogP contribution is 2.20. The van der Waals surface area contributed by atoms with Crippen LogP contribution in [0.3, 0.4) is 0 Å². The van der Waals surface area contributed by atoms with Gasteiger partial charge in [-0.25, -0.2) is 0 Å². The summed E-state index contributed by atoms with van der Waals surface area (Å²) in [4.78, 5) is 14.3. The van der Waals surface area contributed by atoms with Gasteiger partial charge in [0.25, 0.3) is 5.91 Å². The number of amides is 1. The summed E-state index contributed by atoms with van der Waals surface area (Å²) in [5.41, 5.74) is 0.513. The van der Waals surface area contributed by atoms with Crippen LogP contribution in [-0.2, 0) is 0 Å². The zero-order valence-corrected chi connectivity index (χ0v) is 13.7. The van der Waals surface area contributed by atoms with Crippen LogP contribution in [0.25, 0.3) is 0 Å². The van der Waals surface area contributed by atoms with E-state index >= 15 is 0 Å². The summed E-state index contributed by atoms with van der Waals surface area (Å²) in [5.74, 6) is -0.120. The summed E-state index contributed by atoms with van der Waals surface area (Å²) in [7, 11) is 0. The van der Waals surface area contributed by atoms with E-state index in [1.807, 2.05) is 6.07 Å². The molecule has 0 aliphatic heterocycles. The molecule has 1 rings (SSSR count). The van der Waals surface area contributed by atoms with Crippen molar-refractivity contribution in [3.05, 3.63) is 33.3 Å². The third-order valence-corrected chi connectivity index (χ3v) is 3.83. The Hall–Kier alpha value is -0.580. The van der Waals surface area contributed by atoms with E-state index in [1.54, 1.807) is 12.1 Å². The molecule has 1 N–H and O–H groups in total. The normalized spacial score (nSPS) is 10.8. The van der Waals surface area contributed by atoms with Gasteiger partial charge in [-0.15, -0.1) is 0 Å². The second-order valence-corrected chi connectivity index (χ2v) is 5.58. The SMILES string of the molecule is CCN(CC)CCCNC(=O)c1cc(Br)ccc1Cl. The molecule has 0 radical (unpaired) electrons. The van der Waals surface area contributed by atoms with Crippen molar-refractivity contribution in [3.63, 3.8) is 0 Å². The van der Waals surface area contributed by atoms with Crippen LogP contribution in [0.15, 0.2) is 22.7 Å². The Morgan fingerprint density at radius 1 is 1.37 bits per heavy atom. The first kappa shape index (κ1) is 16.5. The fraction of sp³-hybridized carbons (Fsp3) is 0.500. The summed E-state index contributed by atoms with van der Waals surface area (Å²) in [6, 6.07) is 5.28. The van der Waals surface area contributed by atoms with Crippen molar-refractivity contribution >= 4 is 33.4 Å². The van der Waals surface area contributed by atoms with E-state index in [0.29, 0.717) is 17.1 Å². The lowest BCUT2D eigenvalue weighted by atomic mass is 10.2. The van der Waals surface area contributed by atoms with Gasteiger partial charge in [-0.2, -0.15) is 0 Å². The molecule has 0 spiro atoms. The van der Waals surface area contributed by atoms with Crippen LogP contribution in [0, 0.1) is 0 Å².